The zero-order valence-corrected chi connectivity index (χ0v) is 46.4. The number of carboxylic acids is 1. The number of rotatable bonds is 20. The molecule has 0 saturated carbocycles. The van der Waals surface area contributed by atoms with E-state index in [1.165, 1.54) is 79.7 Å². The zero-order valence-electron chi connectivity index (χ0n) is 43.2. The van der Waals surface area contributed by atoms with Crippen molar-refractivity contribution < 1.29 is 14.7 Å². The van der Waals surface area contributed by atoms with Gasteiger partial charge in [-0.3, -0.25) is 23.9 Å². The van der Waals surface area contributed by atoms with Gasteiger partial charge in [0.2, 0.25) is 0 Å². The van der Waals surface area contributed by atoms with Crippen LogP contribution in [0.3, 0.4) is 0 Å². The van der Waals surface area contributed by atoms with Crippen molar-refractivity contribution in [3.8, 4) is 32.7 Å². The molecule has 1 fully saturated rings. The molecule has 1 aliphatic heterocycles. The molecular weight excluding hydrogens is 991 g/mol. The van der Waals surface area contributed by atoms with Crippen molar-refractivity contribution in [3.63, 3.8) is 0 Å². The number of nitrogens with zero attached hydrogens (tertiary/aromatic N) is 3. The van der Waals surface area contributed by atoms with E-state index in [1.54, 1.807) is 17.4 Å². The van der Waals surface area contributed by atoms with Gasteiger partial charge in [0.1, 0.15) is 20.4 Å². The molecule has 10 rings (SSSR count). The van der Waals surface area contributed by atoms with Crippen molar-refractivity contribution in [1.29, 1.82) is 0 Å². The molecule has 2 aliphatic carbocycles. The molecule has 5 aromatic carbocycles. The van der Waals surface area contributed by atoms with E-state index in [1.807, 2.05) is 13.0 Å². The number of aliphatic carboxylic acids is 1. The van der Waals surface area contributed by atoms with Gasteiger partial charge < -0.3 is 10.0 Å². The molecule has 3 aliphatic rings. The van der Waals surface area contributed by atoms with Crippen molar-refractivity contribution in [2.24, 2.45) is 0 Å². The summed E-state index contributed by atoms with van der Waals surface area (Å²) in [5.74, 6) is -1.47. The zero-order chi connectivity index (χ0) is 51.7. The highest BCUT2D eigenvalue weighted by Crippen LogP contribution is 2.58. The molecule has 1 N–H and O–H groups in total. The maximum atomic E-state index is 13.8. The minimum absolute atomic E-state index is 0.0596. The average molecular weight is 1060 g/mol. The lowest BCUT2D eigenvalue weighted by Gasteiger charge is -2.35. The Morgan fingerprint density at radius 2 is 1.12 bits per heavy atom. The van der Waals surface area contributed by atoms with Crippen LogP contribution in [-0.2, 0) is 27.0 Å². The molecule has 3 heterocycles. The second kappa shape index (κ2) is 21.8. The first-order chi connectivity index (χ1) is 36.0. The average Bonchev–Trinajstić information content (AvgIpc) is 4.21. The molecule has 1 saturated heterocycles. The Balaban J connectivity index is 1.09. The third kappa shape index (κ3) is 9.15. The predicted octanol–water partition coefficient (Wildman–Crippen LogP) is 15.3. The number of hydrogen-bond acceptors (Lipinski definition) is 8. The van der Waals surface area contributed by atoms with Gasteiger partial charge in [-0.15, -0.1) is 22.7 Å². The quantitative estimate of drug-likeness (QED) is 0.0762. The van der Waals surface area contributed by atoms with Gasteiger partial charge in [0, 0.05) is 44.2 Å². The van der Waals surface area contributed by atoms with Crippen LogP contribution in [0.5, 0.6) is 0 Å². The predicted molar refractivity (Wildman–Crippen MR) is 315 cm³/mol. The highest BCUT2D eigenvalue weighted by atomic mass is 32.2. The lowest BCUT2D eigenvalue weighted by atomic mass is 9.70. The van der Waals surface area contributed by atoms with Gasteiger partial charge in [0.15, 0.2) is 0 Å². The lowest BCUT2D eigenvalue weighted by Crippen LogP contribution is -2.35. The first-order valence-electron chi connectivity index (χ1n) is 26.7. The molecule has 0 bridgehead atoms. The van der Waals surface area contributed by atoms with Crippen LogP contribution in [0.4, 0.5) is 17.1 Å². The van der Waals surface area contributed by atoms with E-state index in [0.29, 0.717) is 20.1 Å². The summed E-state index contributed by atoms with van der Waals surface area (Å²) in [6, 6.07) is 45.9. The van der Waals surface area contributed by atoms with E-state index < -0.39 is 18.1 Å². The SMILES string of the molecule is CCCCC1(CCCC)c2ccccc2-c2ccc(N(c3ccc(-c4ccc(/C=c5/s/c(=C6/SC(=S)N(CC)C6=O)n(CC(=O)O)c5=O)s4)cc3)c3ccc4c(c3)C(CCCC)(CCCC)c3ccccc3-4)cc21. The van der Waals surface area contributed by atoms with E-state index in [9.17, 15) is 19.5 Å². The highest BCUT2D eigenvalue weighted by molar-refractivity contribution is 8.30. The molecule has 1 amide bonds. The second-order valence-corrected chi connectivity index (χ2v) is 24.0. The fraction of sp³-hybridized carbons (Fsp3) is 0.333. The monoisotopic (exact) mass is 1060 g/mol. The van der Waals surface area contributed by atoms with Gasteiger partial charge in [-0.25, -0.2) is 0 Å². The topological polar surface area (TPSA) is 82.8 Å². The third-order valence-corrected chi connectivity index (χ3v) is 19.5. The van der Waals surface area contributed by atoms with E-state index >= 15 is 0 Å². The molecule has 7 aromatic rings. The van der Waals surface area contributed by atoms with E-state index in [4.69, 9.17) is 12.2 Å². The minimum Gasteiger partial charge on any atom is -0.480 e. The fourth-order valence-electron chi connectivity index (χ4n) is 12.1. The molecule has 7 nitrogen and oxygen atoms in total. The largest absolute Gasteiger partial charge is 0.480 e. The Morgan fingerprint density at radius 1 is 0.622 bits per heavy atom. The van der Waals surface area contributed by atoms with Crippen molar-refractivity contribution in [2.45, 2.75) is 129 Å². The Hall–Kier alpha value is -5.85. The van der Waals surface area contributed by atoms with Crippen LogP contribution >= 0.6 is 46.7 Å². The highest BCUT2D eigenvalue weighted by Gasteiger charge is 2.44. The number of thioether (sulfide) groups is 1. The molecule has 11 heteroatoms. The number of thiophene rings is 1. The standard InChI is InChI=1S/C63H65N3O4S4/c1-6-11-33-62(34-12-7-2)50-21-17-15-19-46(50)48-30-27-43(37-52(48)62)66(44-28-31-49-47-20-16-18-22-51(47)63(35-13-8-3,36-14-9-4)53(49)38-44)42-25-23-41(24-26-42)54-32-29-45(72-54)39-55-58(69)65(40-56(67)68)60(73-55)57-59(70)64(10-5)61(71)74-57/h15-32,37-39H,6-14,33-36,40H2,1-5H3,(H,67,68)/b55-39+,60-57+. The fourth-order valence-corrected chi connectivity index (χ4v) is 15.8. The summed E-state index contributed by atoms with van der Waals surface area (Å²) >= 11 is 9.27. The molecule has 380 valence electrons. The molecule has 0 unspecified atom stereocenters. The molecule has 0 spiro atoms. The van der Waals surface area contributed by atoms with Crippen LogP contribution in [-0.4, -0.2) is 37.3 Å². The summed E-state index contributed by atoms with van der Waals surface area (Å²) in [6.45, 7) is 10.9. The number of carbonyl (C=O) groups excluding carboxylic acids is 1. The van der Waals surface area contributed by atoms with Gasteiger partial charge in [-0.05, 0) is 137 Å². The third-order valence-electron chi connectivity index (χ3n) is 15.7. The molecular formula is C63H65N3O4S4. The van der Waals surface area contributed by atoms with Gasteiger partial charge in [-0.2, -0.15) is 0 Å². The molecule has 0 radical (unpaired) electrons. The number of thiazole rings is 1. The second-order valence-electron chi connectivity index (χ2n) is 20.2. The number of carboxylic acid groups (broad SMARTS) is 1. The van der Waals surface area contributed by atoms with Gasteiger partial charge in [0.25, 0.3) is 11.5 Å². The lowest BCUT2D eigenvalue weighted by molar-refractivity contribution is -0.137. The van der Waals surface area contributed by atoms with E-state index in [2.05, 4.69) is 148 Å². The Labute approximate surface area is 453 Å². The first kappa shape index (κ1) is 51.6. The van der Waals surface area contributed by atoms with Gasteiger partial charge in [-0.1, -0.05) is 176 Å². The summed E-state index contributed by atoms with van der Waals surface area (Å²) < 4.78 is 2.26. The number of hydrogen-bond donors (Lipinski definition) is 1. The van der Waals surface area contributed by atoms with Crippen LogP contribution in [0, 0.1) is 0 Å². The van der Waals surface area contributed by atoms with Crippen LogP contribution < -0.4 is 19.7 Å². The molecule has 74 heavy (non-hydrogen) atoms. The Morgan fingerprint density at radius 3 is 1.61 bits per heavy atom. The molecule has 0 atom stereocenters. The number of fused-ring (bicyclic) bond motifs is 6. The number of anilines is 3. The number of aromatic nitrogens is 1. The van der Waals surface area contributed by atoms with Crippen LogP contribution in [0.15, 0.2) is 126 Å². The molecule has 2 aromatic heterocycles. The van der Waals surface area contributed by atoms with Crippen molar-refractivity contribution >= 4 is 90.9 Å². The smallest absolute Gasteiger partial charge is 0.323 e. The van der Waals surface area contributed by atoms with E-state index in [-0.39, 0.29) is 21.6 Å². The normalized spacial score (nSPS) is 15.9. The number of amides is 1. The van der Waals surface area contributed by atoms with Crippen LogP contribution in [0.1, 0.15) is 139 Å². The maximum Gasteiger partial charge on any atom is 0.323 e. The maximum absolute atomic E-state index is 13.8. The van der Waals surface area contributed by atoms with Crippen LogP contribution in [0.2, 0.25) is 0 Å². The van der Waals surface area contributed by atoms with Crippen molar-refractivity contribution in [2.75, 3.05) is 11.4 Å². The minimum atomic E-state index is -1.16. The summed E-state index contributed by atoms with van der Waals surface area (Å²) in [5, 5.41) is 9.78. The first-order valence-corrected chi connectivity index (χ1v) is 29.6. The summed E-state index contributed by atoms with van der Waals surface area (Å²) in [7, 11) is 0. The van der Waals surface area contributed by atoms with E-state index in [0.717, 1.165) is 107 Å². The van der Waals surface area contributed by atoms with Crippen LogP contribution in [0.25, 0.3) is 43.7 Å². The number of benzene rings is 5. The number of thiocarbonyl (C=S) groups is 1. The number of unbranched alkanes of at least 4 members (excludes halogenated alkanes) is 4. The van der Waals surface area contributed by atoms with Crippen molar-refractivity contribution in [3.05, 3.63) is 168 Å². The van der Waals surface area contributed by atoms with Gasteiger partial charge >= 0.3 is 5.97 Å². The summed E-state index contributed by atoms with van der Waals surface area (Å²) in [4.78, 5) is 45.3. The Bertz CT molecular complexity index is 3340. The number of carbonyl (C=O) groups is 2. The summed E-state index contributed by atoms with van der Waals surface area (Å²) in [5.41, 5.74) is 15.2. The van der Waals surface area contributed by atoms with Crippen molar-refractivity contribution in [1.82, 2.24) is 9.47 Å². The Kier molecular flexibility index (Phi) is 15.2. The summed E-state index contributed by atoms with van der Waals surface area (Å²) in [6.07, 6.45) is 15.6. The van der Waals surface area contributed by atoms with Gasteiger partial charge in [0.05, 0.1) is 4.53 Å².